The van der Waals surface area contributed by atoms with Gasteiger partial charge in [0.1, 0.15) is 11.2 Å². The van der Waals surface area contributed by atoms with E-state index in [0.717, 1.165) is 5.82 Å². The number of aryl methyl sites for hydroxylation is 1. The van der Waals surface area contributed by atoms with Gasteiger partial charge in [-0.25, -0.2) is 9.78 Å². The Morgan fingerprint density at radius 2 is 2.38 bits per heavy atom. The highest BCUT2D eigenvalue weighted by Crippen LogP contribution is 2.28. The highest BCUT2D eigenvalue weighted by atomic mass is 16.5. The number of carbonyl (C=O) groups excluding carboxylic acids is 1. The average molecular weight is 296 g/mol. The Bertz CT molecular complexity index is 544. The van der Waals surface area contributed by atoms with E-state index in [4.69, 9.17) is 4.74 Å². The number of imidazole rings is 1. The molecule has 0 bridgehead atoms. The number of rotatable bonds is 4. The fourth-order valence-electron chi connectivity index (χ4n) is 2.18. The molecular formula is C13H20N4O4. The molecule has 8 nitrogen and oxygen atoms in total. The largest absolute Gasteiger partial charge is 0.481 e. The fraction of sp³-hybridized carbons (Fsp3) is 0.615. The maximum atomic E-state index is 12.2. The molecule has 8 heteroatoms. The molecule has 1 aliphatic heterocycles. The van der Waals surface area contributed by atoms with Crippen LogP contribution in [0.4, 0.5) is 4.79 Å². The first kappa shape index (κ1) is 15.3. The molecule has 0 saturated carbocycles. The number of urea groups is 1. The van der Waals surface area contributed by atoms with Crippen LogP contribution in [0.5, 0.6) is 0 Å². The van der Waals surface area contributed by atoms with Crippen molar-refractivity contribution >= 4 is 12.0 Å². The second-order valence-corrected chi connectivity index (χ2v) is 5.55. The van der Waals surface area contributed by atoms with Crippen LogP contribution >= 0.6 is 0 Å². The van der Waals surface area contributed by atoms with Crippen LogP contribution in [0, 0.1) is 5.41 Å². The quantitative estimate of drug-likeness (QED) is 0.818. The summed E-state index contributed by atoms with van der Waals surface area (Å²) < 4.78 is 7.03. The Kier molecular flexibility index (Phi) is 4.17. The molecule has 0 aliphatic carbocycles. The molecule has 2 N–H and O–H groups in total. The van der Waals surface area contributed by atoms with Crippen molar-refractivity contribution in [2.45, 2.75) is 19.5 Å². The lowest BCUT2D eigenvalue weighted by Crippen LogP contribution is -2.52. The Hall–Kier alpha value is -2.09. The van der Waals surface area contributed by atoms with Crippen LogP contribution in [-0.4, -0.2) is 57.9 Å². The number of hydrogen-bond donors (Lipinski definition) is 2. The van der Waals surface area contributed by atoms with E-state index in [-0.39, 0.29) is 19.2 Å². The van der Waals surface area contributed by atoms with Crippen molar-refractivity contribution in [2.24, 2.45) is 12.5 Å². The Labute approximate surface area is 122 Å². The topological polar surface area (TPSA) is 96.7 Å². The Balaban J connectivity index is 1.98. The first-order valence-corrected chi connectivity index (χ1v) is 6.63. The van der Waals surface area contributed by atoms with Crippen molar-refractivity contribution in [3.8, 4) is 0 Å². The molecule has 116 valence electrons. The van der Waals surface area contributed by atoms with Gasteiger partial charge in [0.25, 0.3) is 0 Å². The van der Waals surface area contributed by atoms with E-state index in [1.165, 1.54) is 4.90 Å². The van der Waals surface area contributed by atoms with Gasteiger partial charge in [0.2, 0.25) is 0 Å². The van der Waals surface area contributed by atoms with Gasteiger partial charge in [0, 0.05) is 26.5 Å². The normalized spacial score (nSPS) is 24.8. The lowest BCUT2D eigenvalue weighted by atomic mass is 9.85. The van der Waals surface area contributed by atoms with Crippen molar-refractivity contribution in [1.82, 2.24) is 19.8 Å². The van der Waals surface area contributed by atoms with Crippen LogP contribution in [-0.2, 0) is 23.1 Å². The van der Waals surface area contributed by atoms with Crippen LogP contribution < -0.4 is 5.32 Å². The summed E-state index contributed by atoms with van der Waals surface area (Å²) in [4.78, 5) is 29.1. The van der Waals surface area contributed by atoms with E-state index < -0.39 is 17.4 Å². The molecule has 1 aromatic heterocycles. The number of aromatic nitrogens is 2. The van der Waals surface area contributed by atoms with Crippen LogP contribution in [0.3, 0.4) is 0 Å². The van der Waals surface area contributed by atoms with Gasteiger partial charge >= 0.3 is 12.0 Å². The van der Waals surface area contributed by atoms with Crippen LogP contribution in [0.15, 0.2) is 12.4 Å². The third-order valence-corrected chi connectivity index (χ3v) is 3.89. The lowest BCUT2D eigenvalue weighted by molar-refractivity contribution is -0.148. The Morgan fingerprint density at radius 3 is 2.95 bits per heavy atom. The molecule has 2 amide bonds. The SMILES string of the molecule is CN(Cc1nccn1C)C(=O)NC1COCC1(C)C(=O)O. The van der Waals surface area contributed by atoms with Gasteiger partial charge in [-0.05, 0) is 6.92 Å². The number of nitrogens with zero attached hydrogens (tertiary/aromatic N) is 3. The average Bonchev–Trinajstić information content (AvgIpc) is 2.98. The molecule has 2 atom stereocenters. The number of ether oxygens (including phenoxy) is 1. The molecule has 21 heavy (non-hydrogen) atoms. The van der Waals surface area contributed by atoms with E-state index in [1.54, 1.807) is 26.4 Å². The zero-order chi connectivity index (χ0) is 15.6. The number of carboxylic acids is 1. The molecule has 0 radical (unpaired) electrons. The fourth-order valence-corrected chi connectivity index (χ4v) is 2.18. The molecular weight excluding hydrogens is 276 g/mol. The molecule has 2 unspecified atom stereocenters. The third-order valence-electron chi connectivity index (χ3n) is 3.89. The monoisotopic (exact) mass is 296 g/mol. The summed E-state index contributed by atoms with van der Waals surface area (Å²) in [6.45, 7) is 2.21. The Morgan fingerprint density at radius 1 is 1.67 bits per heavy atom. The van der Waals surface area contributed by atoms with Gasteiger partial charge in [0.15, 0.2) is 0 Å². The highest BCUT2D eigenvalue weighted by Gasteiger charge is 2.47. The predicted molar refractivity (Wildman–Crippen MR) is 73.6 cm³/mol. The van der Waals surface area contributed by atoms with E-state index in [0.29, 0.717) is 6.54 Å². The minimum absolute atomic E-state index is 0.0936. The molecule has 2 heterocycles. The minimum Gasteiger partial charge on any atom is -0.481 e. The van der Waals surface area contributed by atoms with Crippen molar-refractivity contribution in [3.05, 3.63) is 18.2 Å². The molecule has 0 spiro atoms. The van der Waals surface area contributed by atoms with E-state index in [1.807, 2.05) is 11.6 Å². The van der Waals surface area contributed by atoms with Crippen LogP contribution in [0.1, 0.15) is 12.7 Å². The standard InChI is InChI=1S/C13H20N4O4/c1-13(11(18)19)8-21-7-9(13)15-12(20)17(3)6-10-14-4-5-16(10)2/h4-5,9H,6-8H2,1-3H3,(H,15,20)(H,18,19). The second-order valence-electron chi connectivity index (χ2n) is 5.55. The van der Waals surface area contributed by atoms with Crippen molar-refractivity contribution in [3.63, 3.8) is 0 Å². The molecule has 1 aromatic rings. The van der Waals surface area contributed by atoms with Gasteiger partial charge in [0.05, 0.1) is 25.8 Å². The predicted octanol–water partition coefficient (Wildman–Crippen LogP) is 0.0512. The molecule has 1 aliphatic rings. The number of carboxylic acid groups (broad SMARTS) is 1. The van der Waals surface area contributed by atoms with Crippen LogP contribution in [0.25, 0.3) is 0 Å². The zero-order valence-electron chi connectivity index (χ0n) is 12.4. The smallest absolute Gasteiger partial charge is 0.317 e. The number of hydrogen-bond acceptors (Lipinski definition) is 4. The maximum Gasteiger partial charge on any atom is 0.317 e. The molecule has 2 rings (SSSR count). The first-order valence-electron chi connectivity index (χ1n) is 6.63. The summed E-state index contributed by atoms with van der Waals surface area (Å²) in [5, 5.41) is 12.0. The number of nitrogens with one attached hydrogen (secondary N) is 1. The summed E-state index contributed by atoms with van der Waals surface area (Å²) in [5.74, 6) is -0.228. The van der Waals surface area contributed by atoms with Gasteiger partial charge < -0.3 is 24.6 Å². The summed E-state index contributed by atoms with van der Waals surface area (Å²) in [6, 6.07) is -0.896. The van der Waals surface area contributed by atoms with Gasteiger partial charge in [-0.1, -0.05) is 0 Å². The highest BCUT2D eigenvalue weighted by molar-refractivity contribution is 5.79. The molecule has 1 fully saturated rings. The number of amides is 2. The maximum absolute atomic E-state index is 12.2. The number of aliphatic carboxylic acids is 1. The zero-order valence-corrected chi connectivity index (χ0v) is 12.4. The summed E-state index contributed by atoms with van der Waals surface area (Å²) in [5.41, 5.74) is -1.10. The van der Waals surface area contributed by atoms with E-state index in [9.17, 15) is 14.7 Å². The van der Waals surface area contributed by atoms with Crippen molar-refractivity contribution < 1.29 is 19.4 Å². The first-order chi connectivity index (χ1) is 9.84. The third kappa shape index (κ3) is 2.99. The van der Waals surface area contributed by atoms with Gasteiger partial charge in [-0.15, -0.1) is 0 Å². The van der Waals surface area contributed by atoms with Crippen molar-refractivity contribution in [2.75, 3.05) is 20.3 Å². The summed E-state index contributed by atoms with van der Waals surface area (Å²) in [7, 11) is 3.48. The van der Waals surface area contributed by atoms with Crippen molar-refractivity contribution in [1.29, 1.82) is 0 Å². The second kappa shape index (κ2) is 5.72. The summed E-state index contributed by atoms with van der Waals surface area (Å²) >= 11 is 0. The minimum atomic E-state index is -1.10. The molecule has 1 saturated heterocycles. The van der Waals surface area contributed by atoms with E-state index >= 15 is 0 Å². The number of carbonyl (C=O) groups is 2. The van der Waals surface area contributed by atoms with Gasteiger partial charge in [-0.2, -0.15) is 0 Å². The van der Waals surface area contributed by atoms with Gasteiger partial charge in [-0.3, -0.25) is 4.79 Å². The molecule has 0 aromatic carbocycles. The summed E-state index contributed by atoms with van der Waals surface area (Å²) in [6.07, 6.45) is 3.46. The lowest BCUT2D eigenvalue weighted by Gasteiger charge is -2.27. The van der Waals surface area contributed by atoms with Crippen LogP contribution in [0.2, 0.25) is 0 Å². The van der Waals surface area contributed by atoms with E-state index in [2.05, 4.69) is 10.3 Å².